The topological polar surface area (TPSA) is 105 Å². The fourth-order valence-corrected chi connectivity index (χ4v) is 4.36. The number of nitrogens with zero attached hydrogens (tertiary/aromatic N) is 2. The van der Waals surface area contributed by atoms with Crippen LogP contribution in [0.2, 0.25) is 0 Å². The van der Waals surface area contributed by atoms with Gasteiger partial charge in [0, 0.05) is 12.1 Å². The second-order valence-electron chi connectivity index (χ2n) is 11.1. The number of hydrogen-bond donors (Lipinski definition) is 1. The van der Waals surface area contributed by atoms with Crippen LogP contribution < -0.4 is 5.32 Å². The lowest BCUT2D eigenvalue weighted by Gasteiger charge is -2.50. The fourth-order valence-electron chi connectivity index (χ4n) is 4.36. The molecule has 1 N–H and O–H groups in total. The van der Waals surface area contributed by atoms with Gasteiger partial charge in [-0.1, -0.05) is 0 Å². The molecule has 0 saturated carbocycles. The van der Waals surface area contributed by atoms with Crippen molar-refractivity contribution in [2.75, 3.05) is 13.1 Å². The first-order valence-corrected chi connectivity index (χ1v) is 11.7. The van der Waals surface area contributed by atoms with Gasteiger partial charge in [0.05, 0.1) is 6.04 Å². The third-order valence-corrected chi connectivity index (χ3v) is 5.67. The van der Waals surface area contributed by atoms with Gasteiger partial charge in [-0.2, -0.15) is 13.2 Å². The van der Waals surface area contributed by atoms with E-state index < -0.39 is 59.9 Å². The highest BCUT2D eigenvalue weighted by Crippen LogP contribution is 2.39. The van der Waals surface area contributed by atoms with Crippen LogP contribution in [0.3, 0.4) is 0 Å². The SMILES string of the molecule is CC(C)(C)OC(=O)N[C@@H]1C(=O)N2C(C(=O)OC(C)(C)C)=C(/C=C3\CCN(CC(F)(F)F)C3=O)CC[C@H]12. The maximum Gasteiger partial charge on any atom is 0.408 e. The van der Waals surface area contributed by atoms with Gasteiger partial charge in [0.25, 0.3) is 5.91 Å². The molecule has 3 aliphatic heterocycles. The molecular formula is C24H32F3N3O6. The van der Waals surface area contributed by atoms with Crippen molar-refractivity contribution in [1.29, 1.82) is 0 Å². The number of halogens is 3. The number of nitrogens with one attached hydrogen (secondary N) is 1. The summed E-state index contributed by atoms with van der Waals surface area (Å²) < 4.78 is 49.1. The molecule has 0 aliphatic carbocycles. The van der Waals surface area contributed by atoms with Gasteiger partial charge >= 0.3 is 18.2 Å². The van der Waals surface area contributed by atoms with E-state index in [0.717, 1.165) is 0 Å². The van der Waals surface area contributed by atoms with Gasteiger partial charge in [0.2, 0.25) is 5.91 Å². The van der Waals surface area contributed by atoms with E-state index in [1.54, 1.807) is 41.5 Å². The van der Waals surface area contributed by atoms with Gasteiger partial charge in [0.15, 0.2) is 0 Å². The highest BCUT2D eigenvalue weighted by molar-refractivity contribution is 6.03. The maximum atomic E-state index is 13.1. The standard InChI is InChI=1S/C24H32F3N3O6/c1-22(2,3)35-20(33)17-13(11-14-9-10-29(18(14)31)12-24(25,26)27)7-8-15-16(19(32)30(15)17)28-21(34)36-23(4,5)6/h11,15-16H,7-10,12H2,1-6H3,(H,28,34)/b14-11+/t15-,16+/m1/s1. The number of likely N-dealkylation sites (tertiary alicyclic amines) is 1. The predicted molar refractivity (Wildman–Crippen MR) is 121 cm³/mol. The molecule has 3 amide bonds. The number of carbonyl (C=O) groups excluding carboxylic acids is 4. The number of fused-ring (bicyclic) bond motifs is 1. The van der Waals surface area contributed by atoms with Gasteiger partial charge in [0.1, 0.15) is 29.5 Å². The van der Waals surface area contributed by atoms with Crippen molar-refractivity contribution < 1.29 is 41.8 Å². The monoisotopic (exact) mass is 515 g/mol. The zero-order valence-corrected chi connectivity index (χ0v) is 21.2. The number of alkyl carbamates (subject to hydrolysis) is 1. The molecule has 36 heavy (non-hydrogen) atoms. The summed E-state index contributed by atoms with van der Waals surface area (Å²) in [7, 11) is 0. The average Bonchev–Trinajstić information content (AvgIpc) is 3.01. The quantitative estimate of drug-likeness (QED) is 0.350. The lowest BCUT2D eigenvalue weighted by atomic mass is 9.83. The molecule has 12 heteroatoms. The molecule has 0 bridgehead atoms. The summed E-state index contributed by atoms with van der Waals surface area (Å²) in [6.07, 6.45) is -3.19. The Morgan fingerprint density at radius 1 is 1.03 bits per heavy atom. The van der Waals surface area contributed by atoms with Crippen LogP contribution >= 0.6 is 0 Å². The minimum Gasteiger partial charge on any atom is -0.455 e. The van der Waals surface area contributed by atoms with Crippen molar-refractivity contribution >= 4 is 23.9 Å². The van der Waals surface area contributed by atoms with Crippen LogP contribution in [0.25, 0.3) is 0 Å². The van der Waals surface area contributed by atoms with Gasteiger partial charge < -0.3 is 19.7 Å². The lowest BCUT2D eigenvalue weighted by molar-refractivity contribution is -0.161. The van der Waals surface area contributed by atoms with Gasteiger partial charge in [-0.15, -0.1) is 0 Å². The van der Waals surface area contributed by atoms with Crippen molar-refractivity contribution in [1.82, 2.24) is 15.1 Å². The van der Waals surface area contributed by atoms with Crippen molar-refractivity contribution in [3.05, 3.63) is 22.9 Å². The Morgan fingerprint density at radius 2 is 1.64 bits per heavy atom. The fraction of sp³-hybridized carbons (Fsp3) is 0.667. The molecule has 3 heterocycles. The molecule has 0 aromatic rings. The molecule has 3 rings (SSSR count). The summed E-state index contributed by atoms with van der Waals surface area (Å²) >= 11 is 0. The van der Waals surface area contributed by atoms with Crippen molar-refractivity contribution in [3.8, 4) is 0 Å². The molecule has 0 radical (unpaired) electrons. The zero-order valence-electron chi connectivity index (χ0n) is 21.2. The van der Waals surface area contributed by atoms with Crippen molar-refractivity contribution in [2.45, 2.75) is 90.3 Å². The van der Waals surface area contributed by atoms with E-state index in [1.165, 1.54) is 11.0 Å². The first-order valence-electron chi connectivity index (χ1n) is 11.7. The number of allylic oxidation sites excluding steroid dienone is 2. The number of ether oxygens (including phenoxy) is 2. The molecule has 200 valence electrons. The predicted octanol–water partition coefficient (Wildman–Crippen LogP) is 3.20. The third-order valence-electron chi connectivity index (χ3n) is 5.67. The first kappa shape index (κ1) is 27.5. The molecule has 3 aliphatic rings. The van der Waals surface area contributed by atoms with E-state index in [1.807, 2.05) is 0 Å². The molecule has 0 aromatic heterocycles. The molecule has 2 fully saturated rings. The van der Waals surface area contributed by atoms with Crippen LogP contribution in [0, 0.1) is 0 Å². The Balaban J connectivity index is 1.89. The van der Waals surface area contributed by atoms with Crippen LogP contribution in [-0.4, -0.2) is 76.2 Å². The van der Waals surface area contributed by atoms with E-state index in [-0.39, 0.29) is 30.7 Å². The van der Waals surface area contributed by atoms with Gasteiger partial charge in [-0.3, -0.25) is 14.5 Å². The largest absolute Gasteiger partial charge is 0.455 e. The van der Waals surface area contributed by atoms with E-state index in [2.05, 4.69) is 5.32 Å². The van der Waals surface area contributed by atoms with E-state index in [0.29, 0.717) is 16.9 Å². The number of esters is 1. The second-order valence-corrected chi connectivity index (χ2v) is 11.1. The zero-order chi connectivity index (χ0) is 27.2. The Kier molecular flexibility index (Phi) is 7.22. The summed E-state index contributed by atoms with van der Waals surface area (Å²) in [5, 5.41) is 2.54. The van der Waals surface area contributed by atoms with E-state index in [9.17, 15) is 32.3 Å². The minimum absolute atomic E-state index is 0.0667. The normalized spacial score (nSPS) is 24.1. The van der Waals surface area contributed by atoms with Crippen molar-refractivity contribution in [2.24, 2.45) is 0 Å². The van der Waals surface area contributed by atoms with Gasteiger partial charge in [-0.25, -0.2) is 9.59 Å². The van der Waals surface area contributed by atoms with E-state index >= 15 is 0 Å². The Morgan fingerprint density at radius 3 is 2.19 bits per heavy atom. The Labute approximate surface area is 207 Å². The van der Waals surface area contributed by atoms with Gasteiger partial charge in [-0.05, 0) is 72.5 Å². The molecule has 9 nitrogen and oxygen atoms in total. The maximum absolute atomic E-state index is 13.1. The number of amides is 3. The molecule has 0 spiro atoms. The van der Waals surface area contributed by atoms with Crippen LogP contribution in [0.4, 0.5) is 18.0 Å². The third kappa shape index (κ3) is 6.38. The van der Waals surface area contributed by atoms with E-state index in [4.69, 9.17) is 9.47 Å². The highest BCUT2D eigenvalue weighted by atomic mass is 19.4. The molecule has 2 atom stereocenters. The van der Waals surface area contributed by atoms with Crippen LogP contribution in [0.15, 0.2) is 22.9 Å². The summed E-state index contributed by atoms with van der Waals surface area (Å²) in [5.41, 5.74) is -1.25. The smallest absolute Gasteiger partial charge is 0.408 e. The summed E-state index contributed by atoms with van der Waals surface area (Å²) in [6.45, 7) is 8.58. The summed E-state index contributed by atoms with van der Waals surface area (Å²) in [6, 6.07) is -1.43. The Hall–Kier alpha value is -3.05. The number of carbonyl (C=O) groups is 4. The highest BCUT2D eigenvalue weighted by Gasteiger charge is 2.54. The molecule has 2 saturated heterocycles. The molecular weight excluding hydrogens is 483 g/mol. The summed E-state index contributed by atoms with van der Waals surface area (Å²) in [5.74, 6) is -2.09. The summed E-state index contributed by atoms with van der Waals surface area (Å²) in [4.78, 5) is 52.9. The molecule has 0 aromatic carbocycles. The first-order chi connectivity index (χ1) is 16.4. The van der Waals surface area contributed by atoms with Crippen LogP contribution in [0.1, 0.15) is 60.8 Å². The number of hydrogen-bond acceptors (Lipinski definition) is 6. The Bertz CT molecular complexity index is 1020. The number of rotatable bonds is 4. The average molecular weight is 516 g/mol. The number of alkyl halides is 3. The minimum atomic E-state index is -4.52. The molecule has 0 unspecified atom stereocenters. The lowest BCUT2D eigenvalue weighted by Crippen LogP contribution is -2.72. The second kappa shape index (κ2) is 9.44. The van der Waals surface area contributed by atoms with Crippen LogP contribution in [0.5, 0.6) is 0 Å². The number of β-lactam (4-membered cyclic amide) rings is 1. The van der Waals surface area contributed by atoms with Crippen LogP contribution in [-0.2, 0) is 23.9 Å². The van der Waals surface area contributed by atoms with Crippen molar-refractivity contribution in [3.63, 3.8) is 0 Å².